The molecular weight excluding hydrogens is 256 g/mol. The molecule has 2 aromatic rings. The van der Waals surface area contributed by atoms with Gasteiger partial charge in [0.15, 0.2) is 0 Å². The van der Waals surface area contributed by atoms with Gasteiger partial charge < -0.3 is 4.74 Å². The molecule has 0 bridgehead atoms. The van der Waals surface area contributed by atoms with E-state index >= 15 is 0 Å². The molecule has 19 heavy (non-hydrogen) atoms. The molecule has 0 unspecified atom stereocenters. The molecule has 0 fully saturated rings. The lowest BCUT2D eigenvalue weighted by molar-refractivity contribution is 0.319. The molecule has 1 heterocycles. The summed E-state index contributed by atoms with van der Waals surface area (Å²) in [6, 6.07) is 8.31. The molecule has 0 spiro atoms. The minimum absolute atomic E-state index is 0.440. The number of aryl methyl sites for hydroxylation is 2. The highest BCUT2D eigenvalue weighted by atomic mass is 32.1. The summed E-state index contributed by atoms with van der Waals surface area (Å²) in [5.41, 5.74) is 2.40. The molecule has 0 aliphatic carbocycles. The zero-order chi connectivity index (χ0) is 13.7. The van der Waals surface area contributed by atoms with Gasteiger partial charge in [-0.05, 0) is 25.5 Å². The van der Waals surface area contributed by atoms with Gasteiger partial charge in [0.05, 0.1) is 24.1 Å². The van der Waals surface area contributed by atoms with Crippen molar-refractivity contribution < 1.29 is 4.74 Å². The third-order valence-corrected chi connectivity index (χ3v) is 3.82. The average molecular weight is 272 g/mol. The standard InChI is InChI=1S/C15H16N2OS/c1-11-3-4-14(12(2)9-11)18-8-6-15-17-10-13(19-15)5-7-16/h3-4,9-10H,5-6,8H2,1-2H3. The molecule has 0 aliphatic rings. The molecule has 0 saturated carbocycles. The first-order valence-corrected chi connectivity index (χ1v) is 7.01. The Balaban J connectivity index is 1.87. The minimum Gasteiger partial charge on any atom is -0.493 e. The molecule has 0 atom stereocenters. The number of hydrogen-bond acceptors (Lipinski definition) is 4. The molecule has 0 saturated heterocycles. The normalized spacial score (nSPS) is 10.2. The Morgan fingerprint density at radius 1 is 1.37 bits per heavy atom. The van der Waals surface area contributed by atoms with E-state index in [9.17, 15) is 0 Å². The zero-order valence-electron chi connectivity index (χ0n) is 11.1. The maximum Gasteiger partial charge on any atom is 0.122 e. The maximum absolute atomic E-state index is 8.61. The molecule has 0 N–H and O–H groups in total. The van der Waals surface area contributed by atoms with Crippen LogP contribution >= 0.6 is 11.3 Å². The van der Waals surface area contributed by atoms with E-state index in [-0.39, 0.29) is 0 Å². The van der Waals surface area contributed by atoms with Gasteiger partial charge in [0.2, 0.25) is 0 Å². The molecule has 2 rings (SSSR count). The van der Waals surface area contributed by atoms with E-state index in [1.165, 1.54) is 5.56 Å². The summed E-state index contributed by atoms with van der Waals surface area (Å²) in [6.07, 6.45) is 3.00. The van der Waals surface area contributed by atoms with Crippen molar-refractivity contribution in [2.45, 2.75) is 26.7 Å². The number of nitriles is 1. The predicted molar refractivity (Wildman–Crippen MR) is 76.5 cm³/mol. The van der Waals surface area contributed by atoms with E-state index < -0.39 is 0 Å². The quantitative estimate of drug-likeness (QED) is 0.837. The van der Waals surface area contributed by atoms with Crippen LogP contribution in [0.5, 0.6) is 5.75 Å². The lowest BCUT2D eigenvalue weighted by Crippen LogP contribution is -2.02. The van der Waals surface area contributed by atoms with Crippen molar-refractivity contribution in [3.63, 3.8) is 0 Å². The number of rotatable bonds is 5. The smallest absolute Gasteiger partial charge is 0.122 e. The minimum atomic E-state index is 0.440. The maximum atomic E-state index is 8.61. The van der Waals surface area contributed by atoms with E-state index in [1.807, 2.05) is 6.07 Å². The highest BCUT2D eigenvalue weighted by Crippen LogP contribution is 2.19. The lowest BCUT2D eigenvalue weighted by Gasteiger charge is -2.08. The number of benzene rings is 1. The number of aromatic nitrogens is 1. The SMILES string of the molecule is Cc1ccc(OCCc2ncc(CC#N)s2)c(C)c1. The number of ether oxygens (including phenoxy) is 1. The van der Waals surface area contributed by atoms with Crippen LogP contribution in [0, 0.1) is 25.2 Å². The second kappa shape index (κ2) is 6.35. The second-order valence-corrected chi connectivity index (χ2v) is 5.62. The fraction of sp³-hybridized carbons (Fsp3) is 0.333. The van der Waals surface area contributed by atoms with Crippen LogP contribution in [0.4, 0.5) is 0 Å². The van der Waals surface area contributed by atoms with Crippen LogP contribution in [-0.2, 0) is 12.8 Å². The molecule has 0 aliphatic heterocycles. The Kier molecular flexibility index (Phi) is 4.53. The summed E-state index contributed by atoms with van der Waals surface area (Å²) in [5, 5.41) is 9.63. The third-order valence-electron chi connectivity index (χ3n) is 2.76. The first-order chi connectivity index (χ1) is 9.19. The van der Waals surface area contributed by atoms with Gasteiger partial charge in [-0.15, -0.1) is 11.3 Å². The van der Waals surface area contributed by atoms with Gasteiger partial charge in [0.1, 0.15) is 5.75 Å². The van der Waals surface area contributed by atoms with Crippen LogP contribution in [-0.4, -0.2) is 11.6 Å². The molecule has 0 amide bonds. The van der Waals surface area contributed by atoms with Crippen LogP contribution in [0.15, 0.2) is 24.4 Å². The molecule has 3 nitrogen and oxygen atoms in total. The van der Waals surface area contributed by atoms with Crippen molar-refractivity contribution in [2.75, 3.05) is 6.61 Å². The Labute approximate surface area is 117 Å². The van der Waals surface area contributed by atoms with Gasteiger partial charge in [-0.2, -0.15) is 5.26 Å². The second-order valence-electron chi connectivity index (χ2n) is 4.42. The van der Waals surface area contributed by atoms with Crippen LogP contribution in [0.25, 0.3) is 0 Å². The summed E-state index contributed by atoms with van der Waals surface area (Å²) in [6.45, 7) is 4.74. The molecular formula is C15H16N2OS. The Bertz CT molecular complexity index is 598. The average Bonchev–Trinajstić information content (AvgIpc) is 2.80. The summed E-state index contributed by atoms with van der Waals surface area (Å²) in [4.78, 5) is 5.31. The van der Waals surface area contributed by atoms with Gasteiger partial charge in [0, 0.05) is 17.5 Å². The Morgan fingerprint density at radius 2 is 2.21 bits per heavy atom. The van der Waals surface area contributed by atoms with Crippen molar-refractivity contribution in [3.8, 4) is 11.8 Å². The molecule has 1 aromatic heterocycles. The number of hydrogen-bond donors (Lipinski definition) is 0. The lowest BCUT2D eigenvalue weighted by atomic mass is 10.1. The fourth-order valence-electron chi connectivity index (χ4n) is 1.83. The Hall–Kier alpha value is -1.86. The van der Waals surface area contributed by atoms with Gasteiger partial charge in [-0.25, -0.2) is 4.98 Å². The largest absolute Gasteiger partial charge is 0.493 e. The van der Waals surface area contributed by atoms with Crippen molar-refractivity contribution in [2.24, 2.45) is 0 Å². The summed E-state index contributed by atoms with van der Waals surface area (Å²) in [5.74, 6) is 0.930. The van der Waals surface area contributed by atoms with E-state index in [0.29, 0.717) is 13.0 Å². The van der Waals surface area contributed by atoms with E-state index in [2.05, 4.69) is 37.0 Å². The van der Waals surface area contributed by atoms with Crippen molar-refractivity contribution >= 4 is 11.3 Å². The van der Waals surface area contributed by atoms with Crippen molar-refractivity contribution in [3.05, 3.63) is 45.4 Å². The monoisotopic (exact) mass is 272 g/mol. The van der Waals surface area contributed by atoms with Crippen LogP contribution < -0.4 is 4.74 Å². The molecule has 0 radical (unpaired) electrons. The van der Waals surface area contributed by atoms with Gasteiger partial charge in [-0.1, -0.05) is 17.7 Å². The van der Waals surface area contributed by atoms with Crippen LogP contribution in [0.1, 0.15) is 21.0 Å². The molecule has 1 aromatic carbocycles. The summed E-state index contributed by atoms with van der Waals surface area (Å²) in [7, 11) is 0. The number of thiazole rings is 1. The van der Waals surface area contributed by atoms with Crippen molar-refractivity contribution in [1.82, 2.24) is 4.98 Å². The van der Waals surface area contributed by atoms with Gasteiger partial charge in [-0.3, -0.25) is 0 Å². The van der Waals surface area contributed by atoms with E-state index in [0.717, 1.165) is 27.6 Å². The predicted octanol–water partition coefficient (Wildman–Crippen LogP) is 3.45. The van der Waals surface area contributed by atoms with E-state index in [4.69, 9.17) is 10.00 Å². The third kappa shape index (κ3) is 3.80. The summed E-state index contributed by atoms with van der Waals surface area (Å²) >= 11 is 1.59. The molecule has 98 valence electrons. The van der Waals surface area contributed by atoms with Gasteiger partial charge in [0.25, 0.3) is 0 Å². The number of nitrogens with zero attached hydrogens (tertiary/aromatic N) is 2. The van der Waals surface area contributed by atoms with Crippen molar-refractivity contribution in [1.29, 1.82) is 5.26 Å². The topological polar surface area (TPSA) is 45.9 Å². The fourth-order valence-corrected chi connectivity index (χ4v) is 2.67. The van der Waals surface area contributed by atoms with E-state index in [1.54, 1.807) is 17.5 Å². The highest BCUT2D eigenvalue weighted by molar-refractivity contribution is 7.11. The zero-order valence-corrected chi connectivity index (χ0v) is 12.0. The Morgan fingerprint density at radius 3 is 2.95 bits per heavy atom. The summed E-state index contributed by atoms with van der Waals surface area (Å²) < 4.78 is 5.77. The first kappa shape index (κ1) is 13.6. The molecule has 4 heteroatoms. The van der Waals surface area contributed by atoms with Gasteiger partial charge >= 0.3 is 0 Å². The van der Waals surface area contributed by atoms with Crippen LogP contribution in [0.2, 0.25) is 0 Å². The first-order valence-electron chi connectivity index (χ1n) is 6.19. The van der Waals surface area contributed by atoms with Crippen LogP contribution in [0.3, 0.4) is 0 Å². The highest BCUT2D eigenvalue weighted by Gasteiger charge is 2.03.